The summed E-state index contributed by atoms with van der Waals surface area (Å²) in [5, 5.41) is 0.685. The number of rotatable bonds is 5. The van der Waals surface area contributed by atoms with Gasteiger partial charge in [0.05, 0.1) is 13.2 Å². The van der Waals surface area contributed by atoms with Crippen molar-refractivity contribution in [3.8, 4) is 11.5 Å². The van der Waals surface area contributed by atoms with Gasteiger partial charge in [-0.2, -0.15) is 0 Å². The number of hydrogen-bond acceptors (Lipinski definition) is 3. The molecule has 2 saturated carbocycles. The van der Waals surface area contributed by atoms with E-state index >= 15 is 0 Å². The van der Waals surface area contributed by atoms with Crippen LogP contribution in [-0.2, 0) is 5.41 Å². The summed E-state index contributed by atoms with van der Waals surface area (Å²) in [6.07, 6.45) is 4.80. The van der Waals surface area contributed by atoms with Crippen LogP contribution < -0.4 is 15.2 Å². The molecule has 1 aromatic carbocycles. The zero-order valence-electron chi connectivity index (χ0n) is 10.5. The van der Waals surface area contributed by atoms with E-state index in [4.69, 9.17) is 26.8 Å². The van der Waals surface area contributed by atoms with Gasteiger partial charge in [0.2, 0.25) is 0 Å². The number of ether oxygens (including phenoxy) is 2. The Kier molecular flexibility index (Phi) is 2.91. The lowest BCUT2D eigenvalue weighted by Gasteiger charge is -2.21. The van der Waals surface area contributed by atoms with E-state index in [1.165, 1.54) is 0 Å². The van der Waals surface area contributed by atoms with Crippen LogP contribution in [0.2, 0.25) is 5.02 Å². The van der Waals surface area contributed by atoms with E-state index in [1.807, 2.05) is 12.1 Å². The number of benzene rings is 1. The van der Waals surface area contributed by atoms with Crippen LogP contribution in [0.4, 0.5) is 0 Å². The zero-order chi connectivity index (χ0) is 12.8. The van der Waals surface area contributed by atoms with Crippen molar-refractivity contribution in [2.24, 2.45) is 5.73 Å². The van der Waals surface area contributed by atoms with Gasteiger partial charge in [-0.05, 0) is 31.7 Å². The quantitative estimate of drug-likeness (QED) is 0.892. The summed E-state index contributed by atoms with van der Waals surface area (Å²) in [4.78, 5) is 0. The highest BCUT2D eigenvalue weighted by atomic mass is 35.5. The summed E-state index contributed by atoms with van der Waals surface area (Å²) in [5.41, 5.74) is 7.10. The third-order valence-electron chi connectivity index (χ3n) is 3.86. The highest BCUT2D eigenvalue weighted by molar-refractivity contribution is 6.30. The van der Waals surface area contributed by atoms with Gasteiger partial charge in [-0.3, -0.25) is 0 Å². The lowest BCUT2D eigenvalue weighted by atomic mass is 9.94. The van der Waals surface area contributed by atoms with E-state index in [9.17, 15) is 0 Å². The van der Waals surface area contributed by atoms with Gasteiger partial charge in [0, 0.05) is 28.6 Å². The molecular weight excluding hydrogens is 250 g/mol. The van der Waals surface area contributed by atoms with Crippen molar-refractivity contribution in [1.82, 2.24) is 0 Å². The molecule has 0 saturated heterocycles. The summed E-state index contributed by atoms with van der Waals surface area (Å²) in [7, 11) is 1.65. The van der Waals surface area contributed by atoms with E-state index in [-0.39, 0.29) is 5.41 Å². The van der Waals surface area contributed by atoms with Crippen molar-refractivity contribution in [3.05, 3.63) is 22.7 Å². The lowest BCUT2D eigenvalue weighted by Crippen LogP contribution is -2.21. The first-order valence-electron chi connectivity index (χ1n) is 6.43. The second-order valence-electron chi connectivity index (χ2n) is 5.29. The fraction of sp³-hybridized carbons (Fsp3) is 0.571. The van der Waals surface area contributed by atoms with Gasteiger partial charge < -0.3 is 15.2 Å². The van der Waals surface area contributed by atoms with Crippen LogP contribution in [0.15, 0.2) is 12.1 Å². The Morgan fingerprint density at radius 1 is 1.39 bits per heavy atom. The summed E-state index contributed by atoms with van der Waals surface area (Å²) in [5.74, 6) is 1.58. The van der Waals surface area contributed by atoms with Gasteiger partial charge in [-0.25, -0.2) is 0 Å². The molecule has 0 amide bonds. The molecule has 0 aromatic heterocycles. The van der Waals surface area contributed by atoms with E-state index in [2.05, 4.69) is 0 Å². The Hall–Kier alpha value is -0.930. The Balaban J connectivity index is 2.05. The van der Waals surface area contributed by atoms with Crippen molar-refractivity contribution in [3.63, 3.8) is 0 Å². The molecule has 0 spiro atoms. The molecule has 2 aliphatic carbocycles. The number of methoxy groups -OCH3 is 1. The molecule has 98 valence electrons. The van der Waals surface area contributed by atoms with Crippen LogP contribution in [0.25, 0.3) is 0 Å². The second kappa shape index (κ2) is 4.32. The highest BCUT2D eigenvalue weighted by Gasteiger charge is 2.46. The molecule has 0 bridgehead atoms. The molecule has 4 heteroatoms. The predicted octanol–water partition coefficient (Wildman–Crippen LogP) is 2.88. The van der Waals surface area contributed by atoms with Crippen LogP contribution in [0.3, 0.4) is 0 Å². The topological polar surface area (TPSA) is 44.5 Å². The minimum absolute atomic E-state index is 0.0579. The molecule has 3 nitrogen and oxygen atoms in total. The largest absolute Gasteiger partial charge is 0.493 e. The van der Waals surface area contributed by atoms with Crippen LogP contribution in [0.1, 0.15) is 31.2 Å². The summed E-state index contributed by atoms with van der Waals surface area (Å²) in [6, 6.07) is 3.80. The molecule has 0 heterocycles. The van der Waals surface area contributed by atoms with Crippen LogP contribution >= 0.6 is 11.6 Å². The maximum absolute atomic E-state index is 6.17. The monoisotopic (exact) mass is 267 g/mol. The average molecular weight is 268 g/mol. The van der Waals surface area contributed by atoms with Crippen molar-refractivity contribution in [1.29, 1.82) is 0 Å². The molecule has 2 fully saturated rings. The Morgan fingerprint density at radius 2 is 2.11 bits per heavy atom. The van der Waals surface area contributed by atoms with Gasteiger partial charge in [-0.1, -0.05) is 11.6 Å². The van der Waals surface area contributed by atoms with Gasteiger partial charge in [0.15, 0.2) is 11.5 Å². The van der Waals surface area contributed by atoms with Gasteiger partial charge >= 0.3 is 0 Å². The Bertz CT molecular complexity index is 467. The highest BCUT2D eigenvalue weighted by Crippen LogP contribution is 2.54. The maximum atomic E-state index is 6.17. The summed E-state index contributed by atoms with van der Waals surface area (Å²) >= 11 is 6.17. The summed E-state index contributed by atoms with van der Waals surface area (Å²) in [6.45, 7) is 0.636. The fourth-order valence-corrected chi connectivity index (χ4v) is 2.53. The van der Waals surface area contributed by atoms with Crippen molar-refractivity contribution >= 4 is 11.6 Å². The van der Waals surface area contributed by atoms with E-state index in [0.717, 1.165) is 42.7 Å². The van der Waals surface area contributed by atoms with Gasteiger partial charge in [-0.15, -0.1) is 0 Å². The first-order chi connectivity index (χ1) is 8.68. The predicted molar refractivity (Wildman–Crippen MR) is 71.6 cm³/mol. The summed E-state index contributed by atoms with van der Waals surface area (Å²) < 4.78 is 11.4. The Labute approximate surface area is 112 Å². The molecular formula is C14H18ClNO2. The number of hydrogen-bond donors (Lipinski definition) is 1. The minimum Gasteiger partial charge on any atom is -0.493 e. The third kappa shape index (κ3) is 2.06. The molecule has 0 aliphatic heterocycles. The number of nitrogens with two attached hydrogens (primary N) is 1. The molecule has 0 unspecified atom stereocenters. The first kappa shape index (κ1) is 12.1. The fourth-order valence-electron chi connectivity index (χ4n) is 2.32. The van der Waals surface area contributed by atoms with E-state index < -0.39 is 0 Å². The lowest BCUT2D eigenvalue weighted by molar-refractivity contribution is 0.276. The first-order valence-corrected chi connectivity index (χ1v) is 6.81. The van der Waals surface area contributed by atoms with Crippen LogP contribution in [0.5, 0.6) is 11.5 Å². The standard InChI is InChI=1S/C14H18ClNO2/c1-17-12-7-9(15)6-11(14(8-16)4-5-14)13(12)18-10-2-3-10/h6-7,10H,2-5,8,16H2,1H3. The SMILES string of the molecule is COc1cc(Cl)cc(C2(CN)CC2)c1OC1CC1. The second-order valence-corrected chi connectivity index (χ2v) is 5.72. The van der Waals surface area contributed by atoms with Gasteiger partial charge in [0.1, 0.15) is 0 Å². The number of halogens is 1. The molecule has 0 atom stereocenters. The molecule has 2 aliphatic rings. The smallest absolute Gasteiger partial charge is 0.165 e. The molecule has 3 rings (SSSR count). The molecule has 18 heavy (non-hydrogen) atoms. The third-order valence-corrected chi connectivity index (χ3v) is 4.08. The molecule has 1 aromatic rings. The van der Waals surface area contributed by atoms with Gasteiger partial charge in [0.25, 0.3) is 0 Å². The van der Waals surface area contributed by atoms with Crippen molar-refractivity contribution < 1.29 is 9.47 Å². The Morgan fingerprint density at radius 3 is 2.61 bits per heavy atom. The van der Waals surface area contributed by atoms with Crippen molar-refractivity contribution in [2.45, 2.75) is 37.2 Å². The van der Waals surface area contributed by atoms with E-state index in [1.54, 1.807) is 7.11 Å². The molecule has 2 N–H and O–H groups in total. The van der Waals surface area contributed by atoms with Crippen LogP contribution in [-0.4, -0.2) is 19.8 Å². The molecule has 0 radical (unpaired) electrons. The normalized spacial score (nSPS) is 20.6. The maximum Gasteiger partial charge on any atom is 0.165 e. The average Bonchev–Trinajstić information content (AvgIpc) is 3.25. The van der Waals surface area contributed by atoms with E-state index in [0.29, 0.717) is 17.7 Å². The minimum atomic E-state index is 0.0579. The van der Waals surface area contributed by atoms with Crippen LogP contribution in [0, 0.1) is 0 Å². The van der Waals surface area contributed by atoms with Crippen molar-refractivity contribution in [2.75, 3.05) is 13.7 Å². The zero-order valence-corrected chi connectivity index (χ0v) is 11.3.